The number of amides is 1. The Bertz CT molecular complexity index is 1070. The Labute approximate surface area is 189 Å². The highest BCUT2D eigenvalue weighted by molar-refractivity contribution is 7.92. The molecule has 7 nitrogen and oxygen atoms in total. The van der Waals surface area contributed by atoms with Gasteiger partial charge in [-0.1, -0.05) is 50.1 Å². The molecule has 0 radical (unpaired) electrons. The maximum Gasteiger partial charge on any atom is 0.264 e. The zero-order valence-corrected chi connectivity index (χ0v) is 20.1. The van der Waals surface area contributed by atoms with E-state index >= 15 is 0 Å². The lowest BCUT2D eigenvalue weighted by atomic mass is 9.91. The molecule has 2 aromatic carbocycles. The average molecular weight is 466 g/mol. The molecule has 0 spiro atoms. The van der Waals surface area contributed by atoms with Crippen molar-refractivity contribution < 1.29 is 17.9 Å². The van der Waals surface area contributed by atoms with Gasteiger partial charge in [-0.2, -0.15) is 5.10 Å². The normalized spacial score (nSPS) is 12.4. The predicted octanol–water partition coefficient (Wildman–Crippen LogP) is 4.39. The number of methoxy groups -OCH3 is 1. The van der Waals surface area contributed by atoms with E-state index < -0.39 is 22.5 Å². The molecule has 0 atom stereocenters. The summed E-state index contributed by atoms with van der Waals surface area (Å²) in [5, 5.41) is 4.33. The first-order chi connectivity index (χ1) is 14.4. The molecule has 0 bridgehead atoms. The second-order valence-electron chi connectivity index (χ2n) is 8.13. The van der Waals surface area contributed by atoms with E-state index in [2.05, 4.69) is 10.5 Å². The third-order valence-electron chi connectivity index (χ3n) is 4.75. The van der Waals surface area contributed by atoms with Crippen LogP contribution in [0.25, 0.3) is 0 Å². The molecule has 0 saturated carbocycles. The van der Waals surface area contributed by atoms with Gasteiger partial charge in [-0.15, -0.1) is 0 Å². The van der Waals surface area contributed by atoms with Crippen LogP contribution in [0.3, 0.4) is 0 Å². The van der Waals surface area contributed by atoms with Crippen molar-refractivity contribution in [1.82, 2.24) is 5.43 Å². The second-order valence-corrected chi connectivity index (χ2v) is 10.4. The molecule has 168 valence electrons. The SMILES string of the molecule is COc1ccc(N(CC(=O)N/N=C(/C)C(C)(C)C)S(=O)(=O)c2ccc(C)cc2)cc1Cl. The minimum atomic E-state index is -4.04. The van der Waals surface area contributed by atoms with E-state index in [1.165, 1.54) is 31.4 Å². The van der Waals surface area contributed by atoms with E-state index in [-0.39, 0.29) is 21.0 Å². The molecule has 0 heterocycles. The van der Waals surface area contributed by atoms with Gasteiger partial charge in [-0.25, -0.2) is 13.8 Å². The lowest BCUT2D eigenvalue weighted by molar-refractivity contribution is -0.119. The van der Waals surface area contributed by atoms with Gasteiger partial charge in [0.15, 0.2) is 0 Å². The van der Waals surface area contributed by atoms with Gasteiger partial charge in [0.05, 0.1) is 22.7 Å². The van der Waals surface area contributed by atoms with Crippen molar-refractivity contribution in [2.24, 2.45) is 10.5 Å². The second kappa shape index (κ2) is 9.70. The summed E-state index contributed by atoms with van der Waals surface area (Å²) < 4.78 is 32.9. The number of ether oxygens (including phenoxy) is 1. The first kappa shape index (κ1) is 24.7. The zero-order chi connectivity index (χ0) is 23.4. The van der Waals surface area contributed by atoms with Crippen LogP contribution in [-0.2, 0) is 14.8 Å². The molecule has 0 aliphatic heterocycles. The Morgan fingerprint density at radius 1 is 1.16 bits per heavy atom. The summed E-state index contributed by atoms with van der Waals surface area (Å²) in [5.74, 6) is -0.181. The van der Waals surface area contributed by atoms with E-state index in [9.17, 15) is 13.2 Å². The molecular weight excluding hydrogens is 438 g/mol. The topological polar surface area (TPSA) is 88.1 Å². The van der Waals surface area contributed by atoms with E-state index in [0.717, 1.165) is 9.87 Å². The van der Waals surface area contributed by atoms with Gasteiger partial charge in [0, 0.05) is 11.1 Å². The molecular formula is C22H28ClN3O4S. The van der Waals surface area contributed by atoms with Crippen LogP contribution in [-0.4, -0.2) is 33.7 Å². The Morgan fingerprint density at radius 3 is 2.29 bits per heavy atom. The van der Waals surface area contributed by atoms with Crippen molar-refractivity contribution >= 4 is 38.9 Å². The number of rotatable bonds is 7. The quantitative estimate of drug-likeness (QED) is 0.485. The molecule has 0 aliphatic rings. The summed E-state index contributed by atoms with van der Waals surface area (Å²) in [6, 6.07) is 10.9. The summed E-state index contributed by atoms with van der Waals surface area (Å²) in [6.45, 7) is 9.08. The maximum atomic E-state index is 13.4. The summed E-state index contributed by atoms with van der Waals surface area (Å²) in [7, 11) is -2.58. The minimum Gasteiger partial charge on any atom is -0.495 e. The van der Waals surface area contributed by atoms with Gasteiger partial charge in [0.1, 0.15) is 12.3 Å². The summed E-state index contributed by atoms with van der Waals surface area (Å²) in [6.07, 6.45) is 0. The number of benzene rings is 2. The first-order valence-corrected chi connectivity index (χ1v) is 11.4. The summed E-state index contributed by atoms with van der Waals surface area (Å²) >= 11 is 6.21. The van der Waals surface area contributed by atoms with Crippen LogP contribution in [0.4, 0.5) is 5.69 Å². The van der Waals surface area contributed by atoms with Gasteiger partial charge in [-0.3, -0.25) is 9.10 Å². The van der Waals surface area contributed by atoms with Crippen molar-refractivity contribution in [3.63, 3.8) is 0 Å². The van der Waals surface area contributed by atoms with Crippen LogP contribution in [0.15, 0.2) is 52.5 Å². The number of hydrazone groups is 1. The lowest BCUT2D eigenvalue weighted by Crippen LogP contribution is -2.40. The number of sulfonamides is 1. The number of anilines is 1. The van der Waals surface area contributed by atoms with Crippen LogP contribution in [0.2, 0.25) is 5.02 Å². The number of carbonyl (C=O) groups is 1. The molecule has 1 N–H and O–H groups in total. The molecule has 0 saturated heterocycles. The first-order valence-electron chi connectivity index (χ1n) is 9.63. The molecule has 1 amide bonds. The third kappa shape index (κ3) is 6.21. The van der Waals surface area contributed by atoms with Gasteiger partial charge in [0.25, 0.3) is 15.9 Å². The number of hydrogen-bond donors (Lipinski definition) is 1. The number of nitrogens with zero attached hydrogens (tertiary/aromatic N) is 2. The molecule has 0 aliphatic carbocycles. The highest BCUT2D eigenvalue weighted by Crippen LogP contribution is 2.32. The number of carbonyl (C=O) groups excluding carboxylic acids is 1. The fourth-order valence-electron chi connectivity index (χ4n) is 2.44. The molecule has 9 heteroatoms. The largest absolute Gasteiger partial charge is 0.495 e. The van der Waals surface area contributed by atoms with Crippen molar-refractivity contribution in [3.8, 4) is 5.75 Å². The van der Waals surface area contributed by atoms with Crippen molar-refractivity contribution in [1.29, 1.82) is 0 Å². The monoisotopic (exact) mass is 465 g/mol. The van der Waals surface area contributed by atoms with Gasteiger partial charge in [-0.05, 0) is 44.2 Å². The molecule has 0 unspecified atom stereocenters. The van der Waals surface area contributed by atoms with E-state index in [1.54, 1.807) is 25.1 Å². The Balaban J connectivity index is 2.44. The Morgan fingerprint density at radius 2 is 1.77 bits per heavy atom. The molecule has 31 heavy (non-hydrogen) atoms. The van der Waals surface area contributed by atoms with Gasteiger partial charge in [0.2, 0.25) is 0 Å². The molecule has 2 rings (SSSR count). The smallest absolute Gasteiger partial charge is 0.264 e. The van der Waals surface area contributed by atoms with Crippen molar-refractivity contribution in [3.05, 3.63) is 53.1 Å². The molecule has 0 fully saturated rings. The average Bonchev–Trinajstić information content (AvgIpc) is 2.69. The Hall–Kier alpha value is -2.58. The van der Waals surface area contributed by atoms with Crippen LogP contribution in [0.5, 0.6) is 5.75 Å². The zero-order valence-electron chi connectivity index (χ0n) is 18.6. The van der Waals surface area contributed by atoms with E-state index in [0.29, 0.717) is 11.5 Å². The highest BCUT2D eigenvalue weighted by atomic mass is 35.5. The number of nitrogens with one attached hydrogen (secondary N) is 1. The summed E-state index contributed by atoms with van der Waals surface area (Å²) in [4.78, 5) is 12.7. The van der Waals surface area contributed by atoms with E-state index in [4.69, 9.17) is 16.3 Å². The lowest BCUT2D eigenvalue weighted by Gasteiger charge is -2.24. The fraction of sp³-hybridized carbons (Fsp3) is 0.364. The standard InChI is InChI=1S/C22H28ClN3O4S/c1-15-7-10-18(11-8-15)31(28,29)26(17-9-12-20(30-6)19(23)13-17)14-21(27)25-24-16(2)22(3,4)5/h7-13H,14H2,1-6H3,(H,25,27)/b24-16-. The number of hydrogen-bond acceptors (Lipinski definition) is 5. The summed E-state index contributed by atoms with van der Waals surface area (Å²) in [5.41, 5.74) is 4.08. The molecule has 0 aromatic heterocycles. The van der Waals surface area contributed by atoms with Crippen LogP contribution < -0.4 is 14.5 Å². The Kier molecular flexibility index (Phi) is 7.72. The van der Waals surface area contributed by atoms with Gasteiger partial charge >= 0.3 is 0 Å². The van der Waals surface area contributed by atoms with Crippen molar-refractivity contribution in [2.75, 3.05) is 18.0 Å². The van der Waals surface area contributed by atoms with E-state index in [1.807, 2.05) is 27.7 Å². The fourth-order valence-corrected chi connectivity index (χ4v) is 4.11. The van der Waals surface area contributed by atoms with Crippen LogP contribution in [0.1, 0.15) is 33.3 Å². The minimum absolute atomic E-state index is 0.0622. The van der Waals surface area contributed by atoms with Crippen LogP contribution in [0, 0.1) is 12.3 Å². The highest BCUT2D eigenvalue weighted by Gasteiger charge is 2.28. The van der Waals surface area contributed by atoms with Gasteiger partial charge < -0.3 is 4.74 Å². The molecule has 2 aromatic rings. The maximum absolute atomic E-state index is 13.4. The predicted molar refractivity (Wildman–Crippen MR) is 124 cm³/mol. The van der Waals surface area contributed by atoms with Crippen LogP contribution >= 0.6 is 11.6 Å². The number of halogens is 1. The third-order valence-corrected chi connectivity index (χ3v) is 6.84. The number of aryl methyl sites for hydroxylation is 1. The van der Waals surface area contributed by atoms with Crippen molar-refractivity contribution in [2.45, 2.75) is 39.5 Å².